The summed E-state index contributed by atoms with van der Waals surface area (Å²) < 4.78 is 33.0. The number of rotatable bonds is 5. The van der Waals surface area contributed by atoms with Crippen LogP contribution in [0, 0.1) is 18.3 Å². The maximum Gasteiger partial charge on any atom is 0.261 e. The van der Waals surface area contributed by atoms with Gasteiger partial charge in [0.2, 0.25) is 0 Å². The van der Waals surface area contributed by atoms with Gasteiger partial charge in [-0.1, -0.05) is 12.1 Å². The minimum Gasteiger partial charge on any atom is -0.497 e. The second-order valence-corrected chi connectivity index (χ2v) is 8.22. The third-order valence-electron chi connectivity index (χ3n) is 3.89. The molecule has 5 nitrogen and oxygen atoms in total. The Labute approximate surface area is 156 Å². The monoisotopic (exact) mass is 384 g/mol. The Bertz CT molecular complexity index is 1080. The van der Waals surface area contributed by atoms with E-state index in [0.717, 1.165) is 16.7 Å². The van der Waals surface area contributed by atoms with Gasteiger partial charge in [-0.15, -0.1) is 11.3 Å². The van der Waals surface area contributed by atoms with Crippen LogP contribution in [-0.2, 0) is 10.0 Å². The largest absolute Gasteiger partial charge is 0.497 e. The average Bonchev–Trinajstić information content (AvgIpc) is 3.12. The molecule has 1 aromatic heterocycles. The average molecular weight is 384 g/mol. The molecule has 3 rings (SSSR count). The summed E-state index contributed by atoms with van der Waals surface area (Å²) >= 11 is 1.36. The van der Waals surface area contributed by atoms with E-state index in [0.29, 0.717) is 16.3 Å². The fourth-order valence-electron chi connectivity index (χ4n) is 2.42. The molecule has 0 aliphatic heterocycles. The van der Waals surface area contributed by atoms with E-state index in [1.165, 1.54) is 30.6 Å². The first-order valence-corrected chi connectivity index (χ1v) is 10.1. The normalized spacial score (nSPS) is 11.0. The zero-order chi connectivity index (χ0) is 18.7. The second kappa shape index (κ2) is 7.20. The summed E-state index contributed by atoms with van der Waals surface area (Å²) in [5.74, 6) is 0.591. The quantitative estimate of drug-likeness (QED) is 0.707. The van der Waals surface area contributed by atoms with Crippen LogP contribution in [0.25, 0.3) is 11.1 Å². The number of aryl methyl sites for hydroxylation is 1. The molecular formula is C19H16N2O3S2. The van der Waals surface area contributed by atoms with Gasteiger partial charge < -0.3 is 4.74 Å². The van der Waals surface area contributed by atoms with Gasteiger partial charge in [0.15, 0.2) is 0 Å². The number of sulfonamides is 1. The number of nitrogens with zero attached hydrogens (tertiary/aromatic N) is 1. The van der Waals surface area contributed by atoms with E-state index >= 15 is 0 Å². The van der Waals surface area contributed by atoms with Crippen molar-refractivity contribution >= 4 is 27.0 Å². The lowest BCUT2D eigenvalue weighted by molar-refractivity contribution is 0.414. The number of thiophene rings is 1. The van der Waals surface area contributed by atoms with Crippen molar-refractivity contribution in [3.05, 3.63) is 64.4 Å². The van der Waals surface area contributed by atoms with Crippen LogP contribution >= 0.6 is 11.3 Å². The van der Waals surface area contributed by atoms with Crippen LogP contribution in [0.5, 0.6) is 5.75 Å². The fourth-order valence-corrected chi connectivity index (χ4v) is 4.24. The minimum absolute atomic E-state index is 0.158. The van der Waals surface area contributed by atoms with Crippen LogP contribution in [0.3, 0.4) is 0 Å². The summed E-state index contributed by atoms with van der Waals surface area (Å²) in [5, 5.41) is 10.9. The summed E-state index contributed by atoms with van der Waals surface area (Å²) in [6.07, 6.45) is 0. The van der Waals surface area contributed by atoms with Gasteiger partial charge in [0.1, 0.15) is 16.7 Å². The first-order chi connectivity index (χ1) is 12.4. The van der Waals surface area contributed by atoms with Gasteiger partial charge in [-0.25, -0.2) is 8.42 Å². The molecule has 0 saturated heterocycles. The Morgan fingerprint density at radius 2 is 1.81 bits per heavy atom. The van der Waals surface area contributed by atoms with Crippen molar-refractivity contribution in [2.45, 2.75) is 11.8 Å². The van der Waals surface area contributed by atoms with Crippen LogP contribution in [0.4, 0.5) is 5.69 Å². The number of benzene rings is 2. The number of hydrogen-bond acceptors (Lipinski definition) is 5. The molecule has 0 spiro atoms. The molecule has 1 N–H and O–H groups in total. The SMILES string of the molecule is COc1ccc(S(=O)(=O)Nc2cc(-c3csc(C#N)c3)ccc2C)cc1. The first kappa shape index (κ1) is 18.0. The predicted molar refractivity (Wildman–Crippen MR) is 103 cm³/mol. The summed E-state index contributed by atoms with van der Waals surface area (Å²) in [6.45, 7) is 1.84. The highest BCUT2D eigenvalue weighted by molar-refractivity contribution is 7.92. The van der Waals surface area contributed by atoms with Gasteiger partial charge >= 0.3 is 0 Å². The Kier molecular flexibility index (Phi) is 4.98. The van der Waals surface area contributed by atoms with Crippen LogP contribution in [0.1, 0.15) is 10.4 Å². The molecule has 7 heteroatoms. The number of nitriles is 1. The van der Waals surface area contributed by atoms with Crippen molar-refractivity contribution in [1.29, 1.82) is 5.26 Å². The van der Waals surface area contributed by atoms with Gasteiger partial charge in [-0.3, -0.25) is 4.72 Å². The Morgan fingerprint density at radius 1 is 1.08 bits per heavy atom. The molecule has 3 aromatic rings. The molecular weight excluding hydrogens is 368 g/mol. The maximum absolute atomic E-state index is 12.7. The lowest BCUT2D eigenvalue weighted by Gasteiger charge is -2.12. The Morgan fingerprint density at radius 3 is 2.42 bits per heavy atom. The summed E-state index contributed by atoms with van der Waals surface area (Å²) in [7, 11) is -2.19. The molecule has 1 heterocycles. The molecule has 132 valence electrons. The highest BCUT2D eigenvalue weighted by Gasteiger charge is 2.16. The lowest BCUT2D eigenvalue weighted by Crippen LogP contribution is -2.13. The molecule has 0 radical (unpaired) electrons. The molecule has 0 bridgehead atoms. The van der Waals surface area contributed by atoms with Crippen molar-refractivity contribution in [2.75, 3.05) is 11.8 Å². The molecule has 0 amide bonds. The molecule has 2 aromatic carbocycles. The third kappa shape index (κ3) is 3.72. The van der Waals surface area contributed by atoms with Gasteiger partial charge in [0.05, 0.1) is 17.7 Å². The first-order valence-electron chi connectivity index (χ1n) is 7.69. The van der Waals surface area contributed by atoms with Crippen molar-refractivity contribution in [3.63, 3.8) is 0 Å². The van der Waals surface area contributed by atoms with Gasteiger partial charge in [0, 0.05) is 0 Å². The Hall–Kier alpha value is -2.82. The number of methoxy groups -OCH3 is 1. The predicted octanol–water partition coefficient (Wildman–Crippen LogP) is 4.40. The molecule has 0 fully saturated rings. The van der Waals surface area contributed by atoms with E-state index in [1.807, 2.05) is 24.4 Å². The van der Waals surface area contributed by atoms with Crippen molar-refractivity contribution in [3.8, 4) is 22.9 Å². The lowest BCUT2D eigenvalue weighted by atomic mass is 10.1. The molecule has 0 unspecified atom stereocenters. The minimum atomic E-state index is -3.71. The number of anilines is 1. The third-order valence-corrected chi connectivity index (χ3v) is 6.11. The number of nitrogens with one attached hydrogen (secondary N) is 1. The zero-order valence-electron chi connectivity index (χ0n) is 14.2. The summed E-state index contributed by atoms with van der Waals surface area (Å²) in [6, 6.07) is 15.6. The highest BCUT2D eigenvalue weighted by Crippen LogP contribution is 2.30. The van der Waals surface area contributed by atoms with Crippen molar-refractivity contribution < 1.29 is 13.2 Å². The summed E-state index contributed by atoms with van der Waals surface area (Å²) in [5.41, 5.74) is 3.04. The van der Waals surface area contributed by atoms with Gasteiger partial charge in [-0.2, -0.15) is 5.26 Å². The second-order valence-electron chi connectivity index (χ2n) is 5.62. The molecule has 0 aliphatic rings. The molecule has 0 saturated carbocycles. The van der Waals surface area contributed by atoms with E-state index in [-0.39, 0.29) is 4.90 Å². The van der Waals surface area contributed by atoms with Crippen molar-refractivity contribution in [2.24, 2.45) is 0 Å². The van der Waals surface area contributed by atoms with E-state index in [4.69, 9.17) is 10.00 Å². The van der Waals surface area contributed by atoms with E-state index in [2.05, 4.69) is 10.8 Å². The van der Waals surface area contributed by atoms with Crippen LogP contribution in [0.15, 0.2) is 58.8 Å². The fraction of sp³-hybridized carbons (Fsp3) is 0.105. The van der Waals surface area contributed by atoms with Crippen LogP contribution in [0.2, 0.25) is 0 Å². The van der Waals surface area contributed by atoms with Gasteiger partial charge in [-0.05, 0) is 65.4 Å². The zero-order valence-corrected chi connectivity index (χ0v) is 15.8. The molecule has 0 atom stereocenters. The van der Waals surface area contributed by atoms with E-state index in [1.54, 1.807) is 24.3 Å². The number of hydrogen-bond donors (Lipinski definition) is 1. The van der Waals surface area contributed by atoms with Crippen LogP contribution in [-0.4, -0.2) is 15.5 Å². The molecule has 0 aliphatic carbocycles. The summed E-state index contributed by atoms with van der Waals surface area (Å²) in [4.78, 5) is 0.770. The maximum atomic E-state index is 12.7. The van der Waals surface area contributed by atoms with Gasteiger partial charge in [0.25, 0.3) is 10.0 Å². The van der Waals surface area contributed by atoms with E-state index in [9.17, 15) is 8.42 Å². The van der Waals surface area contributed by atoms with Crippen LogP contribution < -0.4 is 9.46 Å². The molecule has 26 heavy (non-hydrogen) atoms. The smallest absolute Gasteiger partial charge is 0.261 e. The highest BCUT2D eigenvalue weighted by atomic mass is 32.2. The standard InChI is InChI=1S/C19H16N2O3S2/c1-13-3-4-14(15-9-17(11-20)25-12-15)10-19(13)21-26(22,23)18-7-5-16(24-2)6-8-18/h3-10,12,21H,1-2H3. The number of ether oxygens (including phenoxy) is 1. The van der Waals surface area contributed by atoms with E-state index < -0.39 is 10.0 Å². The van der Waals surface area contributed by atoms with Crippen molar-refractivity contribution in [1.82, 2.24) is 0 Å². The topological polar surface area (TPSA) is 79.2 Å². The Balaban J connectivity index is 1.93.